The van der Waals surface area contributed by atoms with Gasteiger partial charge in [-0.2, -0.15) is 0 Å². The van der Waals surface area contributed by atoms with E-state index >= 15 is 0 Å². The van der Waals surface area contributed by atoms with Crippen LogP contribution in [-0.2, 0) is 0 Å². The van der Waals surface area contributed by atoms with Gasteiger partial charge in [-0.05, 0) is 24.1 Å². The first-order valence-corrected chi connectivity index (χ1v) is 6.91. The van der Waals surface area contributed by atoms with E-state index in [4.69, 9.17) is 11.6 Å². The van der Waals surface area contributed by atoms with Crippen molar-refractivity contribution in [2.75, 3.05) is 24.3 Å². The molecule has 0 aliphatic heterocycles. The highest BCUT2D eigenvalue weighted by Gasteiger charge is 2.13. The van der Waals surface area contributed by atoms with Crippen molar-refractivity contribution in [2.45, 2.75) is 19.8 Å². The minimum atomic E-state index is 0.253. The third-order valence-electron chi connectivity index (χ3n) is 3.04. The molecule has 1 aromatic heterocycles. The van der Waals surface area contributed by atoms with E-state index in [1.165, 1.54) is 6.33 Å². The monoisotopic (exact) mass is 290 g/mol. The van der Waals surface area contributed by atoms with Crippen molar-refractivity contribution >= 4 is 28.8 Å². The predicted octanol–water partition coefficient (Wildman–Crippen LogP) is 4.06. The fourth-order valence-corrected chi connectivity index (χ4v) is 2.34. The van der Waals surface area contributed by atoms with Crippen molar-refractivity contribution < 1.29 is 0 Å². The van der Waals surface area contributed by atoms with Gasteiger partial charge in [0, 0.05) is 31.0 Å². The van der Waals surface area contributed by atoms with E-state index in [1.807, 2.05) is 26.2 Å². The van der Waals surface area contributed by atoms with Crippen LogP contribution in [0.15, 0.2) is 30.6 Å². The molecular formula is C15H19ClN4. The molecule has 0 saturated heterocycles. The summed E-state index contributed by atoms with van der Waals surface area (Å²) in [5.74, 6) is 1.01. The Morgan fingerprint density at radius 2 is 1.95 bits per heavy atom. The van der Waals surface area contributed by atoms with Gasteiger partial charge in [0.15, 0.2) is 0 Å². The molecule has 0 atom stereocenters. The number of halogens is 1. The SMILES string of the molecule is CC(C)c1c(Cl)ncnc1Nc1cccc(N(C)C)c1. The summed E-state index contributed by atoms with van der Waals surface area (Å²) in [5.41, 5.74) is 3.04. The fourth-order valence-electron chi connectivity index (χ4n) is 1.98. The van der Waals surface area contributed by atoms with Crippen LogP contribution in [0.25, 0.3) is 0 Å². The average Bonchev–Trinajstić information content (AvgIpc) is 2.38. The molecule has 0 unspecified atom stereocenters. The van der Waals surface area contributed by atoms with E-state index in [2.05, 4.69) is 46.2 Å². The van der Waals surface area contributed by atoms with Crippen molar-refractivity contribution in [3.8, 4) is 0 Å². The lowest BCUT2D eigenvalue weighted by Gasteiger charge is -2.16. The average molecular weight is 291 g/mol. The molecule has 0 aliphatic carbocycles. The first-order valence-electron chi connectivity index (χ1n) is 6.54. The van der Waals surface area contributed by atoms with Gasteiger partial charge >= 0.3 is 0 Å². The Kier molecular flexibility index (Phi) is 4.45. The molecule has 1 aromatic carbocycles. The molecule has 20 heavy (non-hydrogen) atoms. The second kappa shape index (κ2) is 6.09. The third kappa shape index (κ3) is 3.20. The van der Waals surface area contributed by atoms with Gasteiger partial charge in [-0.1, -0.05) is 31.5 Å². The summed E-state index contributed by atoms with van der Waals surface area (Å²) >= 11 is 6.17. The zero-order chi connectivity index (χ0) is 14.7. The highest BCUT2D eigenvalue weighted by molar-refractivity contribution is 6.30. The molecule has 2 rings (SSSR count). The second-order valence-electron chi connectivity index (χ2n) is 5.15. The lowest BCUT2D eigenvalue weighted by atomic mass is 10.1. The molecule has 1 N–H and O–H groups in total. The van der Waals surface area contributed by atoms with Gasteiger partial charge in [-0.3, -0.25) is 0 Å². The molecule has 1 heterocycles. The maximum absolute atomic E-state index is 6.17. The van der Waals surface area contributed by atoms with Gasteiger partial charge in [0.05, 0.1) is 0 Å². The largest absolute Gasteiger partial charge is 0.378 e. The quantitative estimate of drug-likeness (QED) is 0.862. The normalized spacial score (nSPS) is 10.7. The molecule has 0 fully saturated rings. The van der Waals surface area contributed by atoms with Crippen LogP contribution in [0.1, 0.15) is 25.3 Å². The summed E-state index contributed by atoms with van der Waals surface area (Å²) in [6.07, 6.45) is 1.48. The van der Waals surface area contributed by atoms with Crippen LogP contribution in [0, 0.1) is 0 Å². The number of benzene rings is 1. The minimum Gasteiger partial charge on any atom is -0.378 e. The number of nitrogens with zero attached hydrogens (tertiary/aromatic N) is 3. The fraction of sp³-hybridized carbons (Fsp3) is 0.333. The molecule has 5 heteroatoms. The van der Waals surface area contributed by atoms with E-state index in [0.717, 1.165) is 22.8 Å². The summed E-state index contributed by atoms with van der Waals surface area (Å²) in [6.45, 7) is 4.15. The molecule has 0 amide bonds. The second-order valence-corrected chi connectivity index (χ2v) is 5.51. The molecule has 0 spiro atoms. The van der Waals surface area contributed by atoms with Crippen LogP contribution < -0.4 is 10.2 Å². The Labute approximate surface area is 124 Å². The van der Waals surface area contributed by atoms with Gasteiger partial charge in [0.2, 0.25) is 0 Å². The van der Waals surface area contributed by atoms with Crippen molar-refractivity contribution in [3.05, 3.63) is 41.3 Å². The van der Waals surface area contributed by atoms with Crippen LogP contribution in [0.4, 0.5) is 17.2 Å². The van der Waals surface area contributed by atoms with E-state index in [-0.39, 0.29) is 5.92 Å². The summed E-state index contributed by atoms with van der Waals surface area (Å²) in [7, 11) is 4.03. The van der Waals surface area contributed by atoms with Gasteiger partial charge in [0.1, 0.15) is 17.3 Å². The number of aromatic nitrogens is 2. The smallest absolute Gasteiger partial charge is 0.138 e. The number of hydrogen-bond donors (Lipinski definition) is 1. The van der Waals surface area contributed by atoms with E-state index in [0.29, 0.717) is 5.15 Å². The first-order chi connectivity index (χ1) is 9.49. The summed E-state index contributed by atoms with van der Waals surface area (Å²) in [4.78, 5) is 10.4. The van der Waals surface area contributed by atoms with Gasteiger partial charge in [-0.25, -0.2) is 9.97 Å². The minimum absolute atomic E-state index is 0.253. The lowest BCUT2D eigenvalue weighted by molar-refractivity contribution is 0.850. The highest BCUT2D eigenvalue weighted by Crippen LogP contribution is 2.30. The molecular weight excluding hydrogens is 272 g/mol. The predicted molar refractivity (Wildman–Crippen MR) is 85.2 cm³/mol. The highest BCUT2D eigenvalue weighted by atomic mass is 35.5. The number of anilines is 3. The Hall–Kier alpha value is -1.81. The number of nitrogens with one attached hydrogen (secondary N) is 1. The molecule has 106 valence electrons. The summed E-state index contributed by atoms with van der Waals surface area (Å²) in [6, 6.07) is 8.14. The zero-order valence-corrected chi connectivity index (χ0v) is 12.9. The van der Waals surface area contributed by atoms with Crippen LogP contribution >= 0.6 is 11.6 Å². The van der Waals surface area contributed by atoms with Gasteiger partial charge < -0.3 is 10.2 Å². The van der Waals surface area contributed by atoms with Crippen LogP contribution in [0.5, 0.6) is 0 Å². The molecule has 0 radical (unpaired) electrons. The standard InChI is InChI=1S/C15H19ClN4/c1-10(2)13-14(16)17-9-18-15(13)19-11-6-5-7-12(8-11)20(3)4/h5-10H,1-4H3,(H,17,18,19). The van der Waals surface area contributed by atoms with Crippen molar-refractivity contribution in [3.63, 3.8) is 0 Å². The Morgan fingerprint density at radius 3 is 2.60 bits per heavy atom. The van der Waals surface area contributed by atoms with Crippen LogP contribution in [-0.4, -0.2) is 24.1 Å². The molecule has 2 aromatic rings. The van der Waals surface area contributed by atoms with Gasteiger partial charge in [0.25, 0.3) is 0 Å². The Bertz CT molecular complexity index is 596. The number of hydrogen-bond acceptors (Lipinski definition) is 4. The van der Waals surface area contributed by atoms with Crippen molar-refractivity contribution in [1.29, 1.82) is 0 Å². The van der Waals surface area contributed by atoms with Crippen molar-refractivity contribution in [2.24, 2.45) is 0 Å². The van der Waals surface area contributed by atoms with E-state index in [9.17, 15) is 0 Å². The molecule has 0 bridgehead atoms. The topological polar surface area (TPSA) is 41.1 Å². The zero-order valence-electron chi connectivity index (χ0n) is 12.2. The van der Waals surface area contributed by atoms with E-state index in [1.54, 1.807) is 0 Å². The first kappa shape index (κ1) is 14.6. The molecule has 4 nitrogen and oxygen atoms in total. The maximum atomic E-state index is 6.17. The van der Waals surface area contributed by atoms with Crippen molar-refractivity contribution in [1.82, 2.24) is 9.97 Å². The molecule has 0 saturated carbocycles. The number of rotatable bonds is 4. The summed E-state index contributed by atoms with van der Waals surface area (Å²) in [5, 5.41) is 3.83. The van der Waals surface area contributed by atoms with Crippen LogP contribution in [0.2, 0.25) is 5.15 Å². The lowest BCUT2D eigenvalue weighted by Crippen LogP contribution is -2.09. The Morgan fingerprint density at radius 1 is 1.20 bits per heavy atom. The third-order valence-corrected chi connectivity index (χ3v) is 3.34. The van der Waals surface area contributed by atoms with E-state index < -0.39 is 0 Å². The maximum Gasteiger partial charge on any atom is 0.138 e. The van der Waals surface area contributed by atoms with Crippen LogP contribution in [0.3, 0.4) is 0 Å². The van der Waals surface area contributed by atoms with Gasteiger partial charge in [-0.15, -0.1) is 0 Å². The molecule has 0 aliphatic rings. The Balaban J connectivity index is 2.35. The summed E-state index contributed by atoms with van der Waals surface area (Å²) < 4.78 is 0.